The summed E-state index contributed by atoms with van der Waals surface area (Å²) >= 11 is 0. The van der Waals surface area contributed by atoms with Crippen molar-refractivity contribution in [3.63, 3.8) is 0 Å². The van der Waals surface area contributed by atoms with Crippen LogP contribution in [0.3, 0.4) is 0 Å². The standard InChI is InChI=1S/C17H18N2O3/c1-4-14-13(12-7-5-6-8-15(12)21-14)10-19(3)17(20)16-9-11(2)18-22-16/h5-9H,4,10H2,1-3H3. The van der Waals surface area contributed by atoms with Crippen molar-refractivity contribution in [2.45, 2.75) is 26.8 Å². The molecule has 2 aromatic heterocycles. The van der Waals surface area contributed by atoms with Crippen LogP contribution < -0.4 is 0 Å². The van der Waals surface area contributed by atoms with Crippen LogP contribution in [0.1, 0.15) is 34.5 Å². The minimum absolute atomic E-state index is 0.187. The SMILES string of the molecule is CCc1oc2ccccc2c1CN(C)C(=O)c1cc(C)no1. The minimum Gasteiger partial charge on any atom is -0.461 e. The largest absolute Gasteiger partial charge is 0.461 e. The summed E-state index contributed by atoms with van der Waals surface area (Å²) in [6, 6.07) is 9.53. The summed E-state index contributed by atoms with van der Waals surface area (Å²) in [7, 11) is 1.75. The molecule has 5 nitrogen and oxygen atoms in total. The van der Waals surface area contributed by atoms with E-state index in [0.717, 1.165) is 28.7 Å². The number of para-hydroxylation sites is 1. The molecule has 0 radical (unpaired) electrons. The van der Waals surface area contributed by atoms with Crippen LogP contribution in [0.2, 0.25) is 0 Å². The van der Waals surface area contributed by atoms with Crippen LogP contribution in [0.15, 0.2) is 39.3 Å². The third-order valence-corrected chi connectivity index (χ3v) is 3.68. The average Bonchev–Trinajstić information content (AvgIpc) is 3.10. The van der Waals surface area contributed by atoms with Gasteiger partial charge in [-0.05, 0) is 13.0 Å². The van der Waals surface area contributed by atoms with E-state index in [-0.39, 0.29) is 11.7 Å². The molecule has 0 aliphatic carbocycles. The lowest BCUT2D eigenvalue weighted by Crippen LogP contribution is -2.26. The zero-order chi connectivity index (χ0) is 15.7. The first-order chi connectivity index (χ1) is 10.6. The topological polar surface area (TPSA) is 59.5 Å². The van der Waals surface area contributed by atoms with Crippen molar-refractivity contribution in [2.75, 3.05) is 7.05 Å². The number of fused-ring (bicyclic) bond motifs is 1. The highest BCUT2D eigenvalue weighted by Gasteiger charge is 2.20. The number of rotatable bonds is 4. The number of furan rings is 1. The van der Waals surface area contributed by atoms with Crippen molar-refractivity contribution in [3.05, 3.63) is 53.1 Å². The second kappa shape index (κ2) is 5.67. The van der Waals surface area contributed by atoms with E-state index in [2.05, 4.69) is 5.16 Å². The molecule has 3 rings (SSSR count). The van der Waals surface area contributed by atoms with Crippen molar-refractivity contribution in [1.82, 2.24) is 10.1 Å². The molecule has 0 aliphatic rings. The zero-order valence-electron chi connectivity index (χ0n) is 12.9. The molecule has 0 saturated heterocycles. The van der Waals surface area contributed by atoms with Crippen molar-refractivity contribution >= 4 is 16.9 Å². The molecule has 0 bridgehead atoms. The van der Waals surface area contributed by atoms with Crippen LogP contribution in [0, 0.1) is 6.92 Å². The first-order valence-electron chi connectivity index (χ1n) is 7.28. The van der Waals surface area contributed by atoms with Crippen molar-refractivity contribution in [2.24, 2.45) is 0 Å². The first kappa shape index (κ1) is 14.4. The number of carbonyl (C=O) groups is 1. The van der Waals surface area contributed by atoms with Gasteiger partial charge < -0.3 is 13.8 Å². The number of carbonyl (C=O) groups excluding carboxylic acids is 1. The zero-order valence-corrected chi connectivity index (χ0v) is 12.9. The Hall–Kier alpha value is -2.56. The van der Waals surface area contributed by atoms with Gasteiger partial charge in [-0.3, -0.25) is 4.79 Å². The summed E-state index contributed by atoms with van der Waals surface area (Å²) in [5.74, 6) is 0.980. The Bertz CT molecular complexity index is 816. The number of aromatic nitrogens is 1. The molecule has 0 fully saturated rings. The smallest absolute Gasteiger partial charge is 0.292 e. The molecule has 114 valence electrons. The fourth-order valence-corrected chi connectivity index (χ4v) is 2.57. The van der Waals surface area contributed by atoms with E-state index in [0.29, 0.717) is 12.2 Å². The van der Waals surface area contributed by atoms with Gasteiger partial charge in [0.1, 0.15) is 11.3 Å². The van der Waals surface area contributed by atoms with Gasteiger partial charge in [0.05, 0.1) is 5.69 Å². The van der Waals surface area contributed by atoms with Gasteiger partial charge >= 0.3 is 0 Å². The average molecular weight is 298 g/mol. The lowest BCUT2D eigenvalue weighted by Gasteiger charge is -2.15. The van der Waals surface area contributed by atoms with Crippen LogP contribution in [0.5, 0.6) is 0 Å². The number of hydrogen-bond acceptors (Lipinski definition) is 4. The van der Waals surface area contributed by atoms with Crippen molar-refractivity contribution in [1.29, 1.82) is 0 Å². The number of nitrogens with zero attached hydrogens (tertiary/aromatic N) is 2. The van der Waals surface area contributed by atoms with E-state index in [1.165, 1.54) is 0 Å². The van der Waals surface area contributed by atoms with Crippen LogP contribution >= 0.6 is 0 Å². The Balaban J connectivity index is 1.90. The summed E-state index contributed by atoms with van der Waals surface area (Å²) in [4.78, 5) is 14.0. The lowest BCUT2D eigenvalue weighted by molar-refractivity contribution is 0.0743. The highest BCUT2D eigenvalue weighted by molar-refractivity contribution is 5.91. The number of aryl methyl sites for hydroxylation is 2. The van der Waals surface area contributed by atoms with Gasteiger partial charge in [-0.25, -0.2) is 0 Å². The van der Waals surface area contributed by atoms with Gasteiger partial charge in [0.25, 0.3) is 5.91 Å². The molecule has 3 aromatic rings. The molecule has 1 aromatic carbocycles. The third kappa shape index (κ3) is 2.50. The normalized spacial score (nSPS) is 11.0. The molecule has 2 heterocycles. The van der Waals surface area contributed by atoms with Gasteiger partial charge in [0.15, 0.2) is 0 Å². The van der Waals surface area contributed by atoms with E-state index < -0.39 is 0 Å². The van der Waals surface area contributed by atoms with E-state index >= 15 is 0 Å². The second-order valence-electron chi connectivity index (χ2n) is 5.35. The molecule has 0 aliphatic heterocycles. The first-order valence-corrected chi connectivity index (χ1v) is 7.28. The van der Waals surface area contributed by atoms with Crippen LogP contribution in [-0.4, -0.2) is 23.0 Å². The Morgan fingerprint density at radius 2 is 2.09 bits per heavy atom. The summed E-state index contributed by atoms with van der Waals surface area (Å²) in [6.07, 6.45) is 0.785. The van der Waals surface area contributed by atoms with Crippen LogP contribution in [-0.2, 0) is 13.0 Å². The Morgan fingerprint density at radius 1 is 1.32 bits per heavy atom. The molecule has 22 heavy (non-hydrogen) atoms. The van der Waals surface area contributed by atoms with Gasteiger partial charge in [0.2, 0.25) is 5.76 Å². The van der Waals surface area contributed by atoms with Crippen molar-refractivity contribution in [3.8, 4) is 0 Å². The molecular formula is C17H18N2O3. The summed E-state index contributed by atoms with van der Waals surface area (Å²) in [6.45, 7) is 4.31. The van der Waals surface area contributed by atoms with Gasteiger partial charge in [0, 0.05) is 37.0 Å². The van der Waals surface area contributed by atoms with E-state index in [4.69, 9.17) is 8.94 Å². The van der Waals surface area contributed by atoms with E-state index in [9.17, 15) is 4.79 Å². The summed E-state index contributed by atoms with van der Waals surface area (Å²) < 4.78 is 10.9. The molecule has 0 saturated carbocycles. The number of amides is 1. The molecule has 0 atom stereocenters. The predicted molar refractivity (Wildman–Crippen MR) is 82.6 cm³/mol. The maximum atomic E-state index is 12.4. The lowest BCUT2D eigenvalue weighted by atomic mass is 10.1. The van der Waals surface area contributed by atoms with Gasteiger partial charge in [-0.15, -0.1) is 0 Å². The molecule has 1 amide bonds. The Kier molecular flexibility index (Phi) is 3.71. The Morgan fingerprint density at radius 3 is 2.77 bits per heavy atom. The minimum atomic E-state index is -0.187. The van der Waals surface area contributed by atoms with Crippen molar-refractivity contribution < 1.29 is 13.7 Å². The van der Waals surface area contributed by atoms with E-state index in [1.807, 2.05) is 31.2 Å². The predicted octanol–water partition coefficient (Wildman–Crippen LogP) is 3.56. The maximum Gasteiger partial charge on any atom is 0.292 e. The summed E-state index contributed by atoms with van der Waals surface area (Å²) in [5, 5.41) is 4.81. The fourth-order valence-electron chi connectivity index (χ4n) is 2.57. The number of hydrogen-bond donors (Lipinski definition) is 0. The molecular weight excluding hydrogens is 280 g/mol. The third-order valence-electron chi connectivity index (χ3n) is 3.68. The quantitative estimate of drug-likeness (QED) is 0.739. The molecule has 0 spiro atoms. The van der Waals surface area contributed by atoms with Gasteiger partial charge in [-0.1, -0.05) is 30.3 Å². The number of benzene rings is 1. The van der Waals surface area contributed by atoms with Crippen LogP contribution in [0.4, 0.5) is 0 Å². The summed E-state index contributed by atoms with van der Waals surface area (Å²) in [5.41, 5.74) is 2.59. The molecule has 0 unspecified atom stereocenters. The highest BCUT2D eigenvalue weighted by Crippen LogP contribution is 2.27. The fraction of sp³-hybridized carbons (Fsp3) is 0.294. The molecule has 5 heteroatoms. The second-order valence-corrected chi connectivity index (χ2v) is 5.35. The van der Waals surface area contributed by atoms with Gasteiger partial charge in [-0.2, -0.15) is 0 Å². The highest BCUT2D eigenvalue weighted by atomic mass is 16.5. The van der Waals surface area contributed by atoms with Crippen LogP contribution in [0.25, 0.3) is 11.0 Å². The maximum absolute atomic E-state index is 12.4. The monoisotopic (exact) mass is 298 g/mol. The Labute approximate surface area is 128 Å². The molecule has 0 N–H and O–H groups in total. The van der Waals surface area contributed by atoms with E-state index in [1.54, 1.807) is 24.9 Å².